The summed E-state index contributed by atoms with van der Waals surface area (Å²) >= 11 is 0. The maximum Gasteiger partial charge on any atom is 0.336 e. The van der Waals surface area contributed by atoms with E-state index < -0.39 is 23.3 Å². The Balaban J connectivity index is 2.06. The summed E-state index contributed by atoms with van der Waals surface area (Å²) in [4.78, 5) is 11.7. The molecule has 0 bridgehead atoms. The van der Waals surface area contributed by atoms with Gasteiger partial charge in [-0.1, -0.05) is 19.1 Å². The lowest BCUT2D eigenvalue weighted by Crippen LogP contribution is -2.54. The van der Waals surface area contributed by atoms with Crippen LogP contribution in [0.3, 0.4) is 0 Å². The normalized spacial score (nSPS) is 45.9. The number of hydrogen-bond acceptors (Lipinski definition) is 4. The van der Waals surface area contributed by atoms with Crippen molar-refractivity contribution in [2.45, 2.75) is 51.4 Å². The first-order chi connectivity index (χ1) is 8.78. The molecule has 0 radical (unpaired) electrons. The van der Waals surface area contributed by atoms with Crippen LogP contribution < -0.4 is 0 Å². The molecule has 0 aromatic rings. The lowest BCUT2D eigenvalue weighted by atomic mass is 9.55. The van der Waals surface area contributed by atoms with Gasteiger partial charge in [0, 0.05) is 23.0 Å². The van der Waals surface area contributed by atoms with E-state index in [4.69, 9.17) is 4.74 Å². The number of carbonyl (C=O) groups is 1. The maximum atomic E-state index is 11.7. The van der Waals surface area contributed by atoms with Gasteiger partial charge in [-0.15, -0.1) is 0 Å². The number of ether oxygens (including phenoxy) is 1. The van der Waals surface area contributed by atoms with Gasteiger partial charge in [-0.05, 0) is 32.1 Å². The smallest absolute Gasteiger partial charge is 0.336 e. The molecule has 2 aliphatic carbocycles. The SMILES string of the molecule is C=C1CCC(O)C2(C)CC3(O)OC(=O)C(C)=C3CC12. The molecule has 0 aromatic heterocycles. The summed E-state index contributed by atoms with van der Waals surface area (Å²) < 4.78 is 5.16. The van der Waals surface area contributed by atoms with Gasteiger partial charge in [-0.2, -0.15) is 0 Å². The van der Waals surface area contributed by atoms with E-state index in [0.717, 1.165) is 12.0 Å². The van der Waals surface area contributed by atoms with Gasteiger partial charge in [0.25, 0.3) is 0 Å². The van der Waals surface area contributed by atoms with Crippen molar-refractivity contribution >= 4 is 5.97 Å². The predicted molar refractivity (Wildman–Crippen MR) is 69.0 cm³/mol. The molecule has 2 N–H and O–H groups in total. The quantitative estimate of drug-likeness (QED) is 0.516. The molecule has 4 atom stereocenters. The Kier molecular flexibility index (Phi) is 2.51. The van der Waals surface area contributed by atoms with Gasteiger partial charge in [0.15, 0.2) is 0 Å². The molecule has 1 aliphatic heterocycles. The zero-order valence-corrected chi connectivity index (χ0v) is 11.4. The zero-order valence-electron chi connectivity index (χ0n) is 11.4. The molecule has 4 nitrogen and oxygen atoms in total. The second kappa shape index (κ2) is 3.70. The lowest BCUT2D eigenvalue weighted by molar-refractivity contribution is -0.213. The Bertz CT molecular complexity index is 506. The Hall–Kier alpha value is -1.13. The molecule has 3 aliphatic rings. The topological polar surface area (TPSA) is 66.8 Å². The van der Waals surface area contributed by atoms with E-state index in [9.17, 15) is 15.0 Å². The second-order valence-electron chi connectivity index (χ2n) is 6.43. The van der Waals surface area contributed by atoms with Crippen LogP contribution in [0.5, 0.6) is 0 Å². The summed E-state index contributed by atoms with van der Waals surface area (Å²) in [7, 11) is 0. The van der Waals surface area contributed by atoms with Crippen molar-refractivity contribution in [3.05, 3.63) is 23.3 Å². The van der Waals surface area contributed by atoms with Crippen LogP contribution in [0, 0.1) is 11.3 Å². The number of fused-ring (bicyclic) bond motifs is 2. The highest BCUT2D eigenvalue weighted by molar-refractivity contribution is 5.92. The monoisotopic (exact) mass is 264 g/mol. The van der Waals surface area contributed by atoms with Crippen LogP contribution in [0.15, 0.2) is 23.3 Å². The first-order valence-electron chi connectivity index (χ1n) is 6.79. The van der Waals surface area contributed by atoms with Crippen LogP contribution in [0.1, 0.15) is 39.5 Å². The molecule has 2 saturated carbocycles. The van der Waals surface area contributed by atoms with E-state index in [1.807, 2.05) is 6.92 Å². The number of allylic oxidation sites excluding steroid dienone is 1. The molecule has 104 valence electrons. The van der Waals surface area contributed by atoms with Crippen molar-refractivity contribution in [3.8, 4) is 0 Å². The Morgan fingerprint density at radius 2 is 2.16 bits per heavy atom. The van der Waals surface area contributed by atoms with Gasteiger partial charge < -0.3 is 14.9 Å². The van der Waals surface area contributed by atoms with Crippen molar-refractivity contribution < 1.29 is 19.7 Å². The van der Waals surface area contributed by atoms with Gasteiger partial charge >= 0.3 is 5.97 Å². The number of esters is 1. The molecule has 1 heterocycles. The van der Waals surface area contributed by atoms with Gasteiger partial charge in [0.2, 0.25) is 5.79 Å². The lowest BCUT2D eigenvalue weighted by Gasteiger charge is -2.53. The average Bonchev–Trinajstić information content (AvgIpc) is 2.53. The van der Waals surface area contributed by atoms with E-state index in [0.29, 0.717) is 24.0 Å². The zero-order chi connectivity index (χ0) is 14.0. The van der Waals surface area contributed by atoms with E-state index in [1.165, 1.54) is 0 Å². The predicted octanol–water partition coefficient (Wildman–Crippen LogP) is 1.68. The molecule has 19 heavy (non-hydrogen) atoms. The minimum Gasteiger partial charge on any atom is -0.426 e. The van der Waals surface area contributed by atoms with Crippen molar-refractivity contribution in [1.82, 2.24) is 0 Å². The summed E-state index contributed by atoms with van der Waals surface area (Å²) in [6, 6.07) is 0. The van der Waals surface area contributed by atoms with Crippen LogP contribution in [-0.2, 0) is 9.53 Å². The van der Waals surface area contributed by atoms with Crippen molar-refractivity contribution in [2.75, 3.05) is 0 Å². The van der Waals surface area contributed by atoms with E-state index in [2.05, 4.69) is 6.58 Å². The number of aliphatic hydroxyl groups excluding tert-OH is 1. The fourth-order valence-corrected chi connectivity index (χ4v) is 4.03. The third-order valence-electron chi connectivity index (χ3n) is 5.31. The minimum absolute atomic E-state index is 0.107. The number of hydrogen-bond donors (Lipinski definition) is 2. The highest BCUT2D eigenvalue weighted by atomic mass is 16.7. The Morgan fingerprint density at radius 3 is 2.84 bits per heavy atom. The summed E-state index contributed by atoms with van der Waals surface area (Å²) in [6.07, 6.45) is 1.78. The molecular weight excluding hydrogens is 244 g/mol. The molecule has 0 amide bonds. The molecule has 4 unspecified atom stereocenters. The molecule has 0 aromatic carbocycles. The van der Waals surface area contributed by atoms with E-state index in [-0.39, 0.29) is 12.3 Å². The Morgan fingerprint density at radius 1 is 1.47 bits per heavy atom. The van der Waals surface area contributed by atoms with E-state index in [1.54, 1.807) is 6.92 Å². The second-order valence-corrected chi connectivity index (χ2v) is 6.43. The summed E-state index contributed by atoms with van der Waals surface area (Å²) in [5.41, 5.74) is 1.82. The van der Waals surface area contributed by atoms with Crippen LogP contribution in [-0.4, -0.2) is 28.1 Å². The first-order valence-corrected chi connectivity index (χ1v) is 6.79. The number of rotatable bonds is 0. The summed E-state index contributed by atoms with van der Waals surface area (Å²) in [6.45, 7) is 7.77. The maximum absolute atomic E-state index is 11.7. The molecule has 0 saturated heterocycles. The van der Waals surface area contributed by atoms with Crippen LogP contribution >= 0.6 is 0 Å². The largest absolute Gasteiger partial charge is 0.426 e. The van der Waals surface area contributed by atoms with Gasteiger partial charge in [0.1, 0.15) is 0 Å². The summed E-state index contributed by atoms with van der Waals surface area (Å²) in [5.74, 6) is -1.86. The fraction of sp³-hybridized carbons (Fsp3) is 0.667. The highest BCUT2D eigenvalue weighted by Crippen LogP contribution is 2.58. The summed E-state index contributed by atoms with van der Waals surface area (Å²) in [5, 5.41) is 21.0. The van der Waals surface area contributed by atoms with Gasteiger partial charge in [-0.25, -0.2) is 4.79 Å². The third kappa shape index (κ3) is 1.56. The number of aliphatic hydroxyl groups is 2. The molecule has 3 rings (SSSR count). The minimum atomic E-state index is -1.52. The van der Waals surface area contributed by atoms with Crippen LogP contribution in [0.25, 0.3) is 0 Å². The van der Waals surface area contributed by atoms with E-state index >= 15 is 0 Å². The van der Waals surface area contributed by atoms with Crippen molar-refractivity contribution in [3.63, 3.8) is 0 Å². The van der Waals surface area contributed by atoms with Crippen LogP contribution in [0.2, 0.25) is 0 Å². The number of carbonyl (C=O) groups excluding carboxylic acids is 1. The Labute approximate surface area is 112 Å². The standard InChI is InChI=1S/C15H20O4/c1-8-4-5-12(16)14(3)7-15(18)11(6-10(8)14)9(2)13(17)19-15/h10,12,16,18H,1,4-7H2,2-3H3. The fourth-order valence-electron chi connectivity index (χ4n) is 4.03. The molecule has 0 spiro atoms. The van der Waals surface area contributed by atoms with Crippen molar-refractivity contribution in [1.29, 1.82) is 0 Å². The average molecular weight is 264 g/mol. The van der Waals surface area contributed by atoms with Crippen molar-refractivity contribution in [2.24, 2.45) is 11.3 Å². The third-order valence-corrected chi connectivity index (χ3v) is 5.31. The van der Waals surface area contributed by atoms with Crippen LogP contribution in [0.4, 0.5) is 0 Å². The molecule has 2 fully saturated rings. The molecular formula is C15H20O4. The van der Waals surface area contributed by atoms with Gasteiger partial charge in [0.05, 0.1) is 6.10 Å². The first kappa shape index (κ1) is 12.9. The van der Waals surface area contributed by atoms with Gasteiger partial charge in [-0.3, -0.25) is 0 Å². The molecule has 4 heteroatoms. The highest BCUT2D eigenvalue weighted by Gasteiger charge is 2.59.